The highest BCUT2D eigenvalue weighted by Gasteiger charge is 2.29. The molecule has 0 saturated heterocycles. The third kappa shape index (κ3) is 4.54. The number of carbonyl (C=O) groups is 2. The summed E-state index contributed by atoms with van der Waals surface area (Å²) in [5, 5.41) is 13.7. The first-order valence-electron chi connectivity index (χ1n) is 9.63. The molecule has 0 spiro atoms. The monoisotopic (exact) mass is 420 g/mol. The van der Waals surface area contributed by atoms with Gasteiger partial charge < -0.3 is 16.2 Å². The van der Waals surface area contributed by atoms with Gasteiger partial charge in [0.1, 0.15) is 0 Å². The molecule has 156 valence electrons. The fourth-order valence-corrected chi connectivity index (χ4v) is 3.96. The number of hydrogen-bond acceptors (Lipinski definition) is 4. The predicted molar refractivity (Wildman–Crippen MR) is 110 cm³/mol. The zero-order chi connectivity index (χ0) is 21.2. The topological polar surface area (TPSA) is 119 Å². The number of imidazole rings is 1. The Kier molecular flexibility index (Phi) is 6.14. The zero-order valence-electron chi connectivity index (χ0n) is 16.3. The first-order chi connectivity index (χ1) is 13.7. The number of rotatable bonds is 4. The number of aliphatic hydroxyl groups is 1. The quantitative estimate of drug-likeness (QED) is 0.657. The lowest BCUT2D eigenvalue weighted by molar-refractivity contribution is 0.0246. The molecule has 1 aromatic heterocycles. The number of amides is 2. The number of carbonyl (C=O) groups excluding carboxylic acids is 2. The van der Waals surface area contributed by atoms with Crippen molar-refractivity contribution in [2.24, 2.45) is 5.73 Å². The number of halogens is 1. The van der Waals surface area contributed by atoms with Crippen LogP contribution in [0.25, 0.3) is 5.69 Å². The van der Waals surface area contributed by atoms with Crippen molar-refractivity contribution in [3.05, 3.63) is 51.2 Å². The van der Waals surface area contributed by atoms with E-state index in [-0.39, 0.29) is 17.1 Å². The first-order valence-corrected chi connectivity index (χ1v) is 10.0. The molecule has 1 aromatic carbocycles. The first kappa shape index (κ1) is 21.1. The van der Waals surface area contributed by atoms with E-state index in [0.29, 0.717) is 24.2 Å². The minimum Gasteiger partial charge on any atom is -0.388 e. The van der Waals surface area contributed by atoms with Crippen molar-refractivity contribution < 1.29 is 14.7 Å². The van der Waals surface area contributed by atoms with Gasteiger partial charge >= 0.3 is 11.7 Å². The average Bonchev–Trinajstić information content (AvgIpc) is 2.83. The van der Waals surface area contributed by atoms with Gasteiger partial charge in [0.15, 0.2) is 0 Å². The lowest BCUT2D eigenvalue weighted by atomic mass is 9.94. The number of benzene rings is 1. The summed E-state index contributed by atoms with van der Waals surface area (Å²) in [6.45, 7) is 1.73. The molecule has 1 aliphatic rings. The Morgan fingerprint density at radius 2 is 1.90 bits per heavy atom. The summed E-state index contributed by atoms with van der Waals surface area (Å²) in [4.78, 5) is 36.6. The summed E-state index contributed by atoms with van der Waals surface area (Å²) >= 11 is 6.20. The normalized spacial score (nSPS) is 16.2. The molecule has 1 heterocycles. The van der Waals surface area contributed by atoms with Gasteiger partial charge in [-0.1, -0.05) is 37.3 Å². The predicted octanol–water partition coefficient (Wildman–Crippen LogP) is 2.34. The van der Waals surface area contributed by atoms with Crippen molar-refractivity contribution in [2.45, 2.75) is 51.0 Å². The van der Waals surface area contributed by atoms with E-state index in [1.165, 1.54) is 22.9 Å². The molecular formula is C20H25ClN4O4. The van der Waals surface area contributed by atoms with Gasteiger partial charge in [-0.3, -0.25) is 9.36 Å². The maximum atomic E-state index is 12.7. The van der Waals surface area contributed by atoms with Crippen LogP contribution in [0.15, 0.2) is 29.2 Å². The van der Waals surface area contributed by atoms with Crippen LogP contribution in [0.5, 0.6) is 0 Å². The third-order valence-corrected chi connectivity index (χ3v) is 5.70. The number of hydrogen-bond donors (Lipinski definition) is 3. The molecule has 2 aromatic rings. The molecule has 0 unspecified atom stereocenters. The number of aromatic nitrogens is 2. The number of aryl methyl sites for hydroxylation is 1. The Labute approximate surface area is 173 Å². The largest absolute Gasteiger partial charge is 0.388 e. The molecule has 2 amide bonds. The van der Waals surface area contributed by atoms with Crippen molar-refractivity contribution in [1.29, 1.82) is 0 Å². The Balaban J connectivity index is 1.84. The fourth-order valence-electron chi connectivity index (χ4n) is 3.75. The van der Waals surface area contributed by atoms with E-state index < -0.39 is 23.2 Å². The maximum Gasteiger partial charge on any atom is 0.341 e. The number of nitrogens with zero attached hydrogens (tertiary/aromatic N) is 2. The summed E-state index contributed by atoms with van der Waals surface area (Å²) in [5.41, 5.74) is 4.63. The van der Waals surface area contributed by atoms with Crippen LogP contribution in [0.4, 0.5) is 4.79 Å². The van der Waals surface area contributed by atoms with E-state index in [1.54, 1.807) is 13.0 Å². The van der Waals surface area contributed by atoms with Gasteiger partial charge in [0.25, 0.3) is 5.91 Å². The van der Waals surface area contributed by atoms with Crippen molar-refractivity contribution in [3.63, 3.8) is 0 Å². The van der Waals surface area contributed by atoms with E-state index in [9.17, 15) is 19.5 Å². The van der Waals surface area contributed by atoms with E-state index in [1.807, 2.05) is 0 Å². The van der Waals surface area contributed by atoms with Crippen LogP contribution >= 0.6 is 11.6 Å². The van der Waals surface area contributed by atoms with Gasteiger partial charge in [-0.05, 0) is 38.0 Å². The molecule has 0 radical (unpaired) electrons. The summed E-state index contributed by atoms with van der Waals surface area (Å²) in [5.74, 6) is -0.436. The van der Waals surface area contributed by atoms with Gasteiger partial charge in [-0.15, -0.1) is 0 Å². The standard InChI is InChI=1S/C20H25ClN4O4/c1-13-11-24(19(28)25(13)18(22)27)14-6-7-16(21)15(10-14)17(26)23-12-20(29)8-4-2-3-5-9-20/h6-7,10-11,29H,2-5,8-9,12H2,1H3,(H2,22,27)(H,23,26). The van der Waals surface area contributed by atoms with E-state index in [2.05, 4.69) is 5.32 Å². The average molecular weight is 421 g/mol. The van der Waals surface area contributed by atoms with E-state index in [4.69, 9.17) is 17.3 Å². The third-order valence-electron chi connectivity index (χ3n) is 5.37. The second kappa shape index (κ2) is 8.42. The van der Waals surface area contributed by atoms with Crippen molar-refractivity contribution in [2.75, 3.05) is 6.54 Å². The minimum atomic E-state index is -0.914. The number of nitrogens with one attached hydrogen (secondary N) is 1. The number of nitrogens with two attached hydrogens (primary N) is 1. The molecular weight excluding hydrogens is 396 g/mol. The molecule has 0 aliphatic heterocycles. The van der Waals surface area contributed by atoms with Gasteiger partial charge in [0.2, 0.25) is 0 Å². The molecule has 0 atom stereocenters. The van der Waals surface area contributed by atoms with Crippen LogP contribution in [-0.2, 0) is 0 Å². The van der Waals surface area contributed by atoms with E-state index >= 15 is 0 Å². The zero-order valence-corrected chi connectivity index (χ0v) is 17.0. The summed E-state index contributed by atoms with van der Waals surface area (Å²) in [6, 6.07) is 3.68. The molecule has 3 rings (SSSR count). The van der Waals surface area contributed by atoms with Crippen molar-refractivity contribution in [1.82, 2.24) is 14.5 Å². The SMILES string of the molecule is Cc1cn(-c2ccc(Cl)c(C(=O)NCC3(O)CCCCCC3)c2)c(=O)n1C(N)=O. The summed E-state index contributed by atoms with van der Waals surface area (Å²) < 4.78 is 2.07. The minimum absolute atomic E-state index is 0.142. The Hall–Kier alpha value is -2.58. The van der Waals surface area contributed by atoms with Crippen LogP contribution in [0.3, 0.4) is 0 Å². The number of primary amides is 1. The molecule has 4 N–H and O–H groups in total. The van der Waals surface area contributed by atoms with Crippen LogP contribution in [-0.4, -0.2) is 38.3 Å². The molecule has 8 nitrogen and oxygen atoms in total. The van der Waals surface area contributed by atoms with Gasteiger partial charge in [0, 0.05) is 18.4 Å². The Morgan fingerprint density at radius 3 is 2.48 bits per heavy atom. The van der Waals surface area contributed by atoms with Crippen LogP contribution < -0.4 is 16.7 Å². The lowest BCUT2D eigenvalue weighted by Crippen LogP contribution is -2.42. The maximum absolute atomic E-state index is 12.7. The van der Waals surface area contributed by atoms with E-state index in [0.717, 1.165) is 30.3 Å². The second-order valence-corrected chi connectivity index (χ2v) is 7.99. The smallest absolute Gasteiger partial charge is 0.341 e. The molecule has 29 heavy (non-hydrogen) atoms. The van der Waals surface area contributed by atoms with Crippen LogP contribution in [0, 0.1) is 6.92 Å². The molecule has 1 aliphatic carbocycles. The summed E-state index contributed by atoms with van der Waals surface area (Å²) in [6.07, 6.45) is 6.80. The molecule has 1 fully saturated rings. The van der Waals surface area contributed by atoms with Gasteiger partial charge in [-0.2, -0.15) is 0 Å². The highest BCUT2D eigenvalue weighted by Crippen LogP contribution is 2.27. The highest BCUT2D eigenvalue weighted by molar-refractivity contribution is 6.33. The van der Waals surface area contributed by atoms with Crippen LogP contribution in [0.1, 0.15) is 54.6 Å². The van der Waals surface area contributed by atoms with Gasteiger partial charge in [-0.25, -0.2) is 14.2 Å². The highest BCUT2D eigenvalue weighted by atomic mass is 35.5. The molecule has 1 saturated carbocycles. The fraction of sp³-hybridized carbons (Fsp3) is 0.450. The summed E-state index contributed by atoms with van der Waals surface area (Å²) in [7, 11) is 0. The Morgan fingerprint density at radius 1 is 1.24 bits per heavy atom. The second-order valence-electron chi connectivity index (χ2n) is 7.58. The van der Waals surface area contributed by atoms with Crippen LogP contribution in [0.2, 0.25) is 5.02 Å². The van der Waals surface area contributed by atoms with Crippen molar-refractivity contribution in [3.8, 4) is 5.69 Å². The molecule has 0 bridgehead atoms. The molecule has 9 heteroatoms. The van der Waals surface area contributed by atoms with Gasteiger partial charge in [0.05, 0.1) is 21.9 Å². The van der Waals surface area contributed by atoms with Crippen molar-refractivity contribution >= 4 is 23.5 Å². The lowest BCUT2D eigenvalue weighted by Gasteiger charge is -2.26. The Bertz CT molecular complexity index is 987.